The average molecular weight is 478 g/mol. The number of anilines is 1. The van der Waals surface area contributed by atoms with E-state index in [-0.39, 0.29) is 24.0 Å². The van der Waals surface area contributed by atoms with Gasteiger partial charge in [-0.15, -0.1) is 0 Å². The zero-order chi connectivity index (χ0) is 25.0. The summed E-state index contributed by atoms with van der Waals surface area (Å²) in [5.74, 6) is 0.0823. The van der Waals surface area contributed by atoms with Crippen LogP contribution in [0.2, 0.25) is 0 Å². The molecule has 180 valence electrons. The molecule has 0 atom stereocenters. The fourth-order valence-electron chi connectivity index (χ4n) is 2.82. The first-order valence-corrected chi connectivity index (χ1v) is 10.3. The minimum absolute atomic E-state index is 0.0104. The van der Waals surface area contributed by atoms with Gasteiger partial charge in [0.25, 0.3) is 11.8 Å². The molecule has 0 saturated carbocycles. The fourth-order valence-corrected chi connectivity index (χ4v) is 2.82. The number of ether oxygens (including phenoxy) is 3. The van der Waals surface area contributed by atoms with E-state index in [4.69, 9.17) is 14.2 Å². The molecule has 2 amide bonds. The number of nitro groups is 1. The van der Waals surface area contributed by atoms with Crippen LogP contribution in [0.4, 0.5) is 11.4 Å². The first kappa shape index (κ1) is 24.7. The van der Waals surface area contributed by atoms with Gasteiger partial charge in [0.15, 0.2) is 19.0 Å². The van der Waals surface area contributed by atoms with E-state index in [9.17, 15) is 19.7 Å². The van der Waals surface area contributed by atoms with Crippen molar-refractivity contribution in [3.05, 3.63) is 88.5 Å². The fraction of sp³-hybridized carbons (Fsp3) is 0.125. The van der Waals surface area contributed by atoms with E-state index < -0.39 is 17.4 Å². The Balaban J connectivity index is 1.42. The summed E-state index contributed by atoms with van der Waals surface area (Å²) in [6.45, 7) is -0.632. The zero-order valence-electron chi connectivity index (χ0n) is 18.7. The summed E-state index contributed by atoms with van der Waals surface area (Å²) in [7, 11) is 1.52. The molecule has 0 bridgehead atoms. The lowest BCUT2D eigenvalue weighted by molar-refractivity contribution is -0.385. The number of hydrazone groups is 1. The van der Waals surface area contributed by atoms with Crippen LogP contribution in [-0.4, -0.2) is 43.3 Å². The normalized spacial score (nSPS) is 10.4. The highest BCUT2D eigenvalue weighted by Crippen LogP contribution is 2.25. The summed E-state index contributed by atoms with van der Waals surface area (Å²) in [6.07, 6.45) is 1.40. The monoisotopic (exact) mass is 478 g/mol. The number of amides is 2. The third kappa shape index (κ3) is 7.56. The van der Waals surface area contributed by atoms with Crippen LogP contribution in [0.25, 0.3) is 0 Å². The standard InChI is InChI=1S/C24H22N4O7/c1-33-21-8-4-2-6-19(21)26-23(29)15-34-18-12-10-17(11-13-18)14-25-27-24(30)16-35-22-9-5-3-7-20(22)28(31)32/h2-14H,15-16H2,1H3,(H,26,29)(H,27,30)/b25-14+. The number of nitrogens with one attached hydrogen (secondary N) is 2. The van der Waals surface area contributed by atoms with Gasteiger partial charge in [0.1, 0.15) is 11.5 Å². The summed E-state index contributed by atoms with van der Waals surface area (Å²) >= 11 is 0. The molecule has 0 aliphatic heterocycles. The Bertz CT molecular complexity index is 1210. The number of carbonyl (C=O) groups excluding carboxylic acids is 2. The van der Waals surface area contributed by atoms with Crippen molar-refractivity contribution in [3.63, 3.8) is 0 Å². The van der Waals surface area contributed by atoms with Crippen molar-refractivity contribution in [1.29, 1.82) is 0 Å². The molecule has 0 saturated heterocycles. The van der Waals surface area contributed by atoms with E-state index in [0.717, 1.165) is 0 Å². The summed E-state index contributed by atoms with van der Waals surface area (Å²) in [5, 5.41) is 17.5. The summed E-state index contributed by atoms with van der Waals surface area (Å²) in [6, 6.07) is 19.5. The zero-order valence-corrected chi connectivity index (χ0v) is 18.7. The Morgan fingerprint density at radius 2 is 1.57 bits per heavy atom. The molecule has 3 aromatic carbocycles. The van der Waals surface area contributed by atoms with Crippen molar-refractivity contribution in [2.45, 2.75) is 0 Å². The molecule has 0 aliphatic carbocycles. The van der Waals surface area contributed by atoms with E-state index in [1.807, 2.05) is 0 Å². The Hall–Kier alpha value is -4.93. The lowest BCUT2D eigenvalue weighted by Crippen LogP contribution is -2.24. The van der Waals surface area contributed by atoms with Crippen molar-refractivity contribution >= 4 is 29.4 Å². The summed E-state index contributed by atoms with van der Waals surface area (Å²) in [5.41, 5.74) is 3.25. The number of methoxy groups -OCH3 is 1. The second-order valence-electron chi connectivity index (χ2n) is 6.91. The van der Waals surface area contributed by atoms with Gasteiger partial charge in [-0.05, 0) is 48.0 Å². The van der Waals surface area contributed by atoms with E-state index in [0.29, 0.717) is 22.7 Å². The molecule has 0 spiro atoms. The Kier molecular flexibility index (Phi) is 8.72. The van der Waals surface area contributed by atoms with Gasteiger partial charge >= 0.3 is 5.69 Å². The smallest absolute Gasteiger partial charge is 0.310 e. The van der Waals surface area contributed by atoms with E-state index >= 15 is 0 Å². The molecule has 35 heavy (non-hydrogen) atoms. The first-order chi connectivity index (χ1) is 17.0. The minimum atomic E-state index is -0.592. The topological polar surface area (TPSA) is 141 Å². The summed E-state index contributed by atoms with van der Waals surface area (Å²) in [4.78, 5) is 34.4. The summed E-state index contributed by atoms with van der Waals surface area (Å²) < 4.78 is 15.9. The molecule has 0 aromatic heterocycles. The van der Waals surface area contributed by atoms with E-state index in [1.54, 1.807) is 54.6 Å². The lowest BCUT2D eigenvalue weighted by atomic mass is 10.2. The largest absolute Gasteiger partial charge is 0.495 e. The minimum Gasteiger partial charge on any atom is -0.495 e. The van der Waals surface area contributed by atoms with Crippen LogP contribution in [0.3, 0.4) is 0 Å². The molecule has 3 rings (SSSR count). The maximum atomic E-state index is 12.1. The van der Waals surface area contributed by atoms with Gasteiger partial charge in [-0.2, -0.15) is 5.10 Å². The van der Waals surface area contributed by atoms with Gasteiger partial charge in [0.05, 0.1) is 23.9 Å². The van der Waals surface area contributed by atoms with Gasteiger partial charge < -0.3 is 19.5 Å². The molecule has 0 heterocycles. The third-order valence-electron chi connectivity index (χ3n) is 4.45. The molecule has 0 aliphatic rings. The second-order valence-corrected chi connectivity index (χ2v) is 6.91. The predicted molar refractivity (Wildman–Crippen MR) is 128 cm³/mol. The molecule has 0 radical (unpaired) electrons. The van der Waals surface area contributed by atoms with Crippen molar-refractivity contribution in [2.75, 3.05) is 25.6 Å². The lowest BCUT2D eigenvalue weighted by Gasteiger charge is -2.10. The SMILES string of the molecule is COc1ccccc1NC(=O)COc1ccc(/C=N/NC(=O)COc2ccccc2[N+](=O)[O-])cc1. The van der Waals surface area contributed by atoms with Gasteiger partial charge in [0.2, 0.25) is 0 Å². The number of nitrogens with zero attached hydrogens (tertiary/aromatic N) is 2. The predicted octanol–water partition coefficient (Wildman–Crippen LogP) is 3.15. The number of hydrogen-bond acceptors (Lipinski definition) is 8. The highest BCUT2D eigenvalue weighted by molar-refractivity contribution is 5.93. The maximum absolute atomic E-state index is 12.1. The highest BCUT2D eigenvalue weighted by atomic mass is 16.6. The molecular weight excluding hydrogens is 456 g/mol. The Morgan fingerprint density at radius 3 is 2.29 bits per heavy atom. The van der Waals surface area contributed by atoms with E-state index in [2.05, 4.69) is 15.8 Å². The molecule has 11 nitrogen and oxygen atoms in total. The quantitative estimate of drug-likeness (QED) is 0.245. The molecule has 0 fully saturated rings. The molecule has 11 heteroatoms. The molecule has 0 unspecified atom stereocenters. The number of hydrogen-bond donors (Lipinski definition) is 2. The first-order valence-electron chi connectivity index (χ1n) is 10.3. The average Bonchev–Trinajstić information content (AvgIpc) is 2.87. The van der Waals surface area contributed by atoms with Crippen LogP contribution in [0.5, 0.6) is 17.2 Å². The molecule has 3 aromatic rings. The van der Waals surface area contributed by atoms with Crippen LogP contribution in [0, 0.1) is 10.1 Å². The number of rotatable bonds is 11. The van der Waals surface area contributed by atoms with Crippen LogP contribution >= 0.6 is 0 Å². The number of nitro benzene ring substituents is 1. The third-order valence-corrected chi connectivity index (χ3v) is 4.45. The maximum Gasteiger partial charge on any atom is 0.310 e. The van der Waals surface area contributed by atoms with Gasteiger partial charge in [-0.25, -0.2) is 5.43 Å². The van der Waals surface area contributed by atoms with Crippen LogP contribution in [-0.2, 0) is 9.59 Å². The number of para-hydroxylation sites is 4. The van der Waals surface area contributed by atoms with Crippen molar-refractivity contribution < 1.29 is 28.7 Å². The second kappa shape index (κ2) is 12.3. The Labute approximate surface area is 200 Å². The van der Waals surface area contributed by atoms with Gasteiger partial charge in [-0.3, -0.25) is 19.7 Å². The van der Waals surface area contributed by atoms with Gasteiger partial charge in [-0.1, -0.05) is 24.3 Å². The van der Waals surface area contributed by atoms with E-state index in [1.165, 1.54) is 31.5 Å². The van der Waals surface area contributed by atoms with Crippen LogP contribution in [0.15, 0.2) is 77.9 Å². The van der Waals surface area contributed by atoms with Gasteiger partial charge in [0, 0.05) is 6.07 Å². The van der Waals surface area contributed by atoms with Crippen LogP contribution in [0.1, 0.15) is 5.56 Å². The molecule has 2 N–H and O–H groups in total. The number of benzene rings is 3. The molecular formula is C24H22N4O7. The van der Waals surface area contributed by atoms with Crippen LogP contribution < -0.4 is 25.0 Å². The van der Waals surface area contributed by atoms with Crippen molar-refractivity contribution in [2.24, 2.45) is 5.10 Å². The van der Waals surface area contributed by atoms with Crippen molar-refractivity contribution in [1.82, 2.24) is 5.43 Å². The Morgan fingerprint density at radius 1 is 0.914 bits per heavy atom. The highest BCUT2D eigenvalue weighted by Gasteiger charge is 2.14. The number of carbonyl (C=O) groups is 2. The van der Waals surface area contributed by atoms with Crippen molar-refractivity contribution in [3.8, 4) is 17.2 Å².